The van der Waals surface area contributed by atoms with E-state index >= 15 is 0 Å². The normalized spacial score (nSPS) is 14.8. The molecule has 0 unspecified atom stereocenters. The van der Waals surface area contributed by atoms with Crippen molar-refractivity contribution in [1.29, 1.82) is 0 Å². The van der Waals surface area contributed by atoms with Crippen molar-refractivity contribution in [2.45, 2.75) is 38.3 Å². The van der Waals surface area contributed by atoms with Gasteiger partial charge in [-0.15, -0.1) is 0 Å². The lowest BCUT2D eigenvalue weighted by Crippen LogP contribution is -2.35. The minimum atomic E-state index is -0.259. The highest BCUT2D eigenvalue weighted by Gasteiger charge is 2.24. The number of amides is 1. The Balaban J connectivity index is 1.70. The maximum Gasteiger partial charge on any atom is 0.410 e. The van der Waals surface area contributed by atoms with Crippen LogP contribution in [0.4, 0.5) is 4.79 Å². The van der Waals surface area contributed by atoms with Gasteiger partial charge in [0.1, 0.15) is 6.61 Å². The van der Waals surface area contributed by atoms with Gasteiger partial charge in [-0.1, -0.05) is 40.9 Å². The molecule has 6 heteroatoms. The third-order valence-corrected chi connectivity index (χ3v) is 5.24. The first-order chi connectivity index (χ1) is 11.6. The maximum absolute atomic E-state index is 12.3. The molecule has 1 aliphatic carbocycles. The Morgan fingerprint density at radius 1 is 1.33 bits per heavy atom. The van der Waals surface area contributed by atoms with E-state index in [1.165, 1.54) is 12.8 Å². The molecule has 0 aliphatic heterocycles. The van der Waals surface area contributed by atoms with E-state index in [1.807, 2.05) is 44.6 Å². The number of hydrogen-bond donors (Lipinski definition) is 0. The van der Waals surface area contributed by atoms with Crippen molar-refractivity contribution in [1.82, 2.24) is 14.7 Å². The Morgan fingerprint density at radius 3 is 2.67 bits per heavy atom. The average Bonchev–Trinajstić information content (AvgIpc) is 3.23. The fraction of sp³-hybridized carbons (Fsp3) is 0.444. The summed E-state index contributed by atoms with van der Waals surface area (Å²) in [6.45, 7) is 0.220. The van der Waals surface area contributed by atoms with Gasteiger partial charge in [0, 0.05) is 30.2 Å². The molecule has 1 aromatic heterocycles. The van der Waals surface area contributed by atoms with E-state index in [1.54, 1.807) is 9.58 Å². The fourth-order valence-electron chi connectivity index (χ4n) is 3.18. The van der Waals surface area contributed by atoms with E-state index in [0.717, 1.165) is 34.1 Å². The molecule has 0 bridgehead atoms. The van der Waals surface area contributed by atoms with Crippen LogP contribution in [0.2, 0.25) is 0 Å². The highest BCUT2D eigenvalue weighted by Crippen LogP contribution is 2.26. The summed E-state index contributed by atoms with van der Waals surface area (Å²) in [4.78, 5) is 14.0. The first-order valence-electron chi connectivity index (χ1n) is 8.22. The van der Waals surface area contributed by atoms with Gasteiger partial charge in [-0.3, -0.25) is 4.68 Å². The second kappa shape index (κ2) is 7.38. The topological polar surface area (TPSA) is 47.4 Å². The molecule has 24 heavy (non-hydrogen) atoms. The van der Waals surface area contributed by atoms with Crippen molar-refractivity contribution in [3.8, 4) is 11.1 Å². The van der Waals surface area contributed by atoms with Crippen LogP contribution < -0.4 is 0 Å². The smallest absolute Gasteiger partial charge is 0.410 e. The van der Waals surface area contributed by atoms with E-state index in [-0.39, 0.29) is 12.7 Å². The van der Waals surface area contributed by atoms with Crippen molar-refractivity contribution in [3.05, 3.63) is 40.6 Å². The number of aromatic nitrogens is 2. The number of carbonyl (C=O) groups is 1. The van der Waals surface area contributed by atoms with Gasteiger partial charge in [0.2, 0.25) is 0 Å². The number of nitrogens with zero attached hydrogens (tertiary/aromatic N) is 3. The summed E-state index contributed by atoms with van der Waals surface area (Å²) >= 11 is 3.44. The van der Waals surface area contributed by atoms with Gasteiger partial charge in [0.05, 0.1) is 11.9 Å². The summed E-state index contributed by atoms with van der Waals surface area (Å²) < 4.78 is 8.34. The van der Waals surface area contributed by atoms with E-state index in [9.17, 15) is 4.79 Å². The minimum absolute atomic E-state index is 0.220. The van der Waals surface area contributed by atoms with E-state index in [2.05, 4.69) is 21.0 Å². The molecule has 1 heterocycles. The lowest BCUT2D eigenvalue weighted by molar-refractivity contribution is 0.0899. The monoisotopic (exact) mass is 391 g/mol. The molecule has 0 spiro atoms. The van der Waals surface area contributed by atoms with Crippen LogP contribution in [0.3, 0.4) is 0 Å². The van der Waals surface area contributed by atoms with Crippen LogP contribution in [0.15, 0.2) is 34.9 Å². The largest absolute Gasteiger partial charge is 0.443 e. The van der Waals surface area contributed by atoms with Crippen LogP contribution in [0.25, 0.3) is 11.1 Å². The highest BCUT2D eigenvalue weighted by molar-refractivity contribution is 9.10. The molecule has 1 saturated carbocycles. The molecule has 1 amide bonds. The van der Waals surface area contributed by atoms with E-state index in [4.69, 9.17) is 4.74 Å². The van der Waals surface area contributed by atoms with Crippen molar-refractivity contribution < 1.29 is 9.53 Å². The number of hydrogen-bond acceptors (Lipinski definition) is 3. The number of carbonyl (C=O) groups excluding carboxylic acids is 1. The zero-order valence-corrected chi connectivity index (χ0v) is 15.6. The van der Waals surface area contributed by atoms with Crippen molar-refractivity contribution in [2.75, 3.05) is 7.05 Å². The fourth-order valence-corrected chi connectivity index (χ4v) is 3.44. The van der Waals surface area contributed by atoms with Gasteiger partial charge in [0.15, 0.2) is 0 Å². The standard InChI is InChI=1S/C18H22BrN3O2/c1-21(15-5-3-4-6-15)18(23)24-12-17-16(11-20-22(17)2)13-7-9-14(19)10-8-13/h7-11,15H,3-6,12H2,1-2H3. The third kappa shape index (κ3) is 3.64. The molecule has 0 radical (unpaired) electrons. The van der Waals surface area contributed by atoms with E-state index in [0.29, 0.717) is 6.04 Å². The van der Waals surface area contributed by atoms with Crippen LogP contribution >= 0.6 is 15.9 Å². The van der Waals surface area contributed by atoms with Crippen LogP contribution in [0.1, 0.15) is 31.4 Å². The van der Waals surface area contributed by atoms with Crippen LogP contribution in [0, 0.1) is 0 Å². The average molecular weight is 392 g/mol. The first-order valence-corrected chi connectivity index (χ1v) is 9.02. The molecule has 0 saturated heterocycles. The predicted octanol–water partition coefficient (Wildman–Crippen LogP) is 4.36. The number of benzene rings is 1. The highest BCUT2D eigenvalue weighted by atomic mass is 79.9. The second-order valence-electron chi connectivity index (χ2n) is 6.24. The number of halogens is 1. The minimum Gasteiger partial charge on any atom is -0.443 e. The lowest BCUT2D eigenvalue weighted by Gasteiger charge is -2.23. The summed E-state index contributed by atoms with van der Waals surface area (Å²) in [5.74, 6) is 0. The molecule has 1 aliphatic rings. The van der Waals surface area contributed by atoms with Crippen molar-refractivity contribution in [2.24, 2.45) is 7.05 Å². The number of ether oxygens (including phenoxy) is 1. The predicted molar refractivity (Wildman–Crippen MR) is 96.5 cm³/mol. The molecule has 3 rings (SSSR count). The summed E-state index contributed by atoms with van der Waals surface area (Å²) in [5.41, 5.74) is 2.94. The zero-order valence-electron chi connectivity index (χ0n) is 14.0. The molecule has 5 nitrogen and oxygen atoms in total. The summed E-state index contributed by atoms with van der Waals surface area (Å²) in [7, 11) is 3.70. The molecule has 1 aromatic carbocycles. The van der Waals surface area contributed by atoms with Crippen molar-refractivity contribution >= 4 is 22.0 Å². The van der Waals surface area contributed by atoms with Gasteiger partial charge in [-0.2, -0.15) is 5.10 Å². The molecular weight excluding hydrogens is 370 g/mol. The SMILES string of the molecule is CN(C(=O)OCc1c(-c2ccc(Br)cc2)cnn1C)C1CCCC1. The molecule has 2 aromatic rings. The summed E-state index contributed by atoms with van der Waals surface area (Å²) in [5, 5.41) is 4.32. The Bertz CT molecular complexity index is 706. The van der Waals surface area contributed by atoms with Crippen LogP contribution in [0.5, 0.6) is 0 Å². The van der Waals surface area contributed by atoms with E-state index < -0.39 is 0 Å². The molecule has 0 N–H and O–H groups in total. The Morgan fingerprint density at radius 2 is 2.00 bits per heavy atom. The zero-order chi connectivity index (χ0) is 17.1. The molecule has 0 atom stereocenters. The Kier molecular flexibility index (Phi) is 5.23. The summed E-state index contributed by atoms with van der Waals surface area (Å²) in [6.07, 6.45) is 6.08. The van der Waals surface area contributed by atoms with Gasteiger partial charge in [-0.05, 0) is 30.5 Å². The van der Waals surface area contributed by atoms with Crippen LogP contribution in [-0.2, 0) is 18.4 Å². The number of aryl methyl sites for hydroxylation is 1. The van der Waals surface area contributed by atoms with Gasteiger partial charge >= 0.3 is 6.09 Å². The van der Waals surface area contributed by atoms with Gasteiger partial charge in [-0.25, -0.2) is 4.79 Å². The third-order valence-electron chi connectivity index (χ3n) is 4.71. The summed E-state index contributed by atoms with van der Waals surface area (Å²) in [6, 6.07) is 8.35. The Hall–Kier alpha value is -1.82. The first kappa shape index (κ1) is 17.0. The lowest BCUT2D eigenvalue weighted by atomic mass is 10.1. The Labute approximate surface area is 150 Å². The molecular formula is C18H22BrN3O2. The quantitative estimate of drug-likeness (QED) is 0.777. The van der Waals surface area contributed by atoms with Gasteiger partial charge in [0.25, 0.3) is 0 Å². The van der Waals surface area contributed by atoms with Crippen LogP contribution in [-0.4, -0.2) is 33.9 Å². The molecule has 128 valence electrons. The van der Waals surface area contributed by atoms with Crippen molar-refractivity contribution in [3.63, 3.8) is 0 Å². The second-order valence-corrected chi connectivity index (χ2v) is 7.15. The number of rotatable bonds is 4. The molecule has 1 fully saturated rings. The van der Waals surface area contributed by atoms with Gasteiger partial charge < -0.3 is 9.64 Å². The maximum atomic E-state index is 12.3.